The molecule has 0 aliphatic heterocycles. The molecule has 0 heterocycles. The van der Waals surface area contributed by atoms with Gasteiger partial charge >= 0.3 is 0 Å². The minimum atomic E-state index is -0.212. The third-order valence-corrected chi connectivity index (χ3v) is 8.52. The van der Waals surface area contributed by atoms with Crippen LogP contribution in [0.4, 0.5) is 0 Å². The molecule has 4 heteroatoms. The van der Waals surface area contributed by atoms with E-state index in [1.165, 1.54) is 15.6 Å². The van der Waals surface area contributed by atoms with Crippen LogP contribution in [0.5, 0.6) is 0 Å². The van der Waals surface area contributed by atoms with E-state index in [0.29, 0.717) is 0 Å². The molecule has 0 aliphatic rings. The molecule has 3 rings (SSSR count). The predicted octanol–water partition coefficient (Wildman–Crippen LogP) is 4.56. The average molecular weight is 528 g/mol. The minimum Gasteiger partial charge on any atom is -0.0671 e. The largest absolute Gasteiger partial charge is 0.0791 e. The molecule has 0 aromatic heterocycles. The van der Waals surface area contributed by atoms with Gasteiger partial charge in [-0.25, -0.2) is 0 Å². The molecule has 0 saturated carbocycles. The van der Waals surface area contributed by atoms with Crippen molar-refractivity contribution < 1.29 is 0 Å². The molecule has 0 unspecified atom stereocenters. The molecule has 3 aromatic carbocycles. The fourth-order valence-corrected chi connectivity index (χ4v) is 4.89. The second-order valence-corrected chi connectivity index (χ2v) is 14.8. The fraction of sp³-hybridized carbons (Fsp3) is 0.250. The van der Waals surface area contributed by atoms with Gasteiger partial charge in [0, 0.05) is 24.4 Å². The van der Waals surface area contributed by atoms with E-state index in [0.717, 1.165) is 0 Å². The first-order valence-corrected chi connectivity index (χ1v) is 17.0. The third-order valence-electron chi connectivity index (χ3n) is 4.05. The Morgan fingerprint density at radius 1 is 0.357 bits per heavy atom. The summed E-state index contributed by atoms with van der Waals surface area (Å²) in [5.41, 5.74) is 0. The van der Waals surface area contributed by atoms with Gasteiger partial charge in [-0.15, -0.1) is 0 Å². The normalized spacial score (nSPS) is 9.75. The maximum absolute atomic E-state index is 2.31. The molecular weight excluding hydrogens is 494 g/mol. The topological polar surface area (TPSA) is 0 Å². The first-order chi connectivity index (χ1) is 12.9. The molecule has 0 fully saturated rings. The Morgan fingerprint density at radius 3 is 0.643 bits per heavy atom. The van der Waals surface area contributed by atoms with Crippen molar-refractivity contribution in [3.63, 3.8) is 0 Å². The molecule has 3 aromatic rings. The Kier molecular flexibility index (Phi) is 15.5. The van der Waals surface area contributed by atoms with Crippen LogP contribution in [-0.2, 0) is 0 Å². The van der Waals surface area contributed by atoms with Crippen molar-refractivity contribution in [2.24, 2.45) is 0 Å². The Morgan fingerprint density at radius 2 is 0.536 bits per heavy atom. The van der Waals surface area contributed by atoms with Crippen molar-refractivity contribution >= 4 is 66.4 Å². The standard InChI is InChI=1S/3C8H11Si.Sb/c3*1-9(2)8-6-4-3-5-7-8;/h3*3-7H,1-2H3;. The minimum absolute atomic E-state index is 0. The van der Waals surface area contributed by atoms with Gasteiger partial charge in [-0.2, -0.15) is 0 Å². The molecule has 0 atom stereocenters. The maximum Gasteiger partial charge on any atom is 0.0791 e. The number of rotatable bonds is 3. The van der Waals surface area contributed by atoms with Crippen LogP contribution in [0.2, 0.25) is 39.3 Å². The van der Waals surface area contributed by atoms with Crippen LogP contribution in [0.3, 0.4) is 0 Å². The molecule has 28 heavy (non-hydrogen) atoms. The van der Waals surface area contributed by atoms with E-state index in [4.69, 9.17) is 0 Å². The van der Waals surface area contributed by atoms with Gasteiger partial charge in [0.15, 0.2) is 0 Å². The first-order valence-electron chi connectivity index (χ1n) is 9.48. The summed E-state index contributed by atoms with van der Waals surface area (Å²) in [5, 5.41) is 4.55. The zero-order valence-corrected chi connectivity index (χ0v) is 23.7. The summed E-state index contributed by atoms with van der Waals surface area (Å²) in [6.45, 7) is 13.8. The van der Waals surface area contributed by atoms with Gasteiger partial charge in [0.25, 0.3) is 0 Å². The van der Waals surface area contributed by atoms with Crippen molar-refractivity contribution in [3.8, 4) is 0 Å². The van der Waals surface area contributed by atoms with Crippen LogP contribution in [-0.4, -0.2) is 50.8 Å². The Bertz CT molecular complexity index is 611. The summed E-state index contributed by atoms with van der Waals surface area (Å²) in [4.78, 5) is 0. The van der Waals surface area contributed by atoms with Gasteiger partial charge < -0.3 is 0 Å². The molecular formula is C24H33SbSi3. The van der Waals surface area contributed by atoms with E-state index >= 15 is 0 Å². The fourth-order valence-electron chi connectivity index (χ4n) is 2.31. The maximum atomic E-state index is 2.31. The van der Waals surface area contributed by atoms with Gasteiger partial charge in [-0.05, 0) is 0 Å². The molecule has 0 bridgehead atoms. The zero-order valence-electron chi connectivity index (χ0n) is 18.1. The smallest absolute Gasteiger partial charge is 0.0671 e. The van der Waals surface area contributed by atoms with E-state index < -0.39 is 0 Å². The first kappa shape index (κ1) is 27.1. The van der Waals surface area contributed by atoms with Gasteiger partial charge in [0.2, 0.25) is 0 Å². The van der Waals surface area contributed by atoms with Gasteiger partial charge in [0.1, 0.15) is 0 Å². The van der Waals surface area contributed by atoms with Crippen LogP contribution < -0.4 is 15.6 Å². The summed E-state index contributed by atoms with van der Waals surface area (Å²) in [6.07, 6.45) is 0. The van der Waals surface area contributed by atoms with E-state index in [9.17, 15) is 0 Å². The van der Waals surface area contributed by atoms with Crippen molar-refractivity contribution in [3.05, 3.63) is 91.0 Å². The summed E-state index contributed by atoms with van der Waals surface area (Å²) < 4.78 is 0. The summed E-state index contributed by atoms with van der Waals surface area (Å²) >= 11 is 0. The van der Waals surface area contributed by atoms with Crippen LogP contribution in [0.15, 0.2) is 91.0 Å². The number of hydrogen-bond donors (Lipinski definition) is 0. The molecule has 0 aliphatic carbocycles. The van der Waals surface area contributed by atoms with Crippen molar-refractivity contribution in [2.45, 2.75) is 39.3 Å². The van der Waals surface area contributed by atoms with Crippen LogP contribution in [0, 0.1) is 0 Å². The molecule has 146 valence electrons. The number of hydrogen-bond acceptors (Lipinski definition) is 0. The molecule has 0 nitrogen and oxygen atoms in total. The van der Waals surface area contributed by atoms with Gasteiger partial charge in [0.05, 0.1) is 26.4 Å². The van der Waals surface area contributed by atoms with E-state index in [1.54, 1.807) is 0 Å². The van der Waals surface area contributed by atoms with Gasteiger partial charge in [-0.3, -0.25) is 0 Å². The van der Waals surface area contributed by atoms with Crippen molar-refractivity contribution in [1.82, 2.24) is 0 Å². The van der Waals surface area contributed by atoms with Crippen molar-refractivity contribution in [2.75, 3.05) is 0 Å². The van der Waals surface area contributed by atoms with Crippen LogP contribution >= 0.6 is 0 Å². The Balaban J connectivity index is 0.000000384. The van der Waals surface area contributed by atoms with E-state index in [-0.39, 0.29) is 50.8 Å². The third kappa shape index (κ3) is 11.9. The average Bonchev–Trinajstić information content (AvgIpc) is 2.71. The molecule has 6 radical (unpaired) electrons. The van der Waals surface area contributed by atoms with E-state index in [2.05, 4.69) is 130 Å². The van der Waals surface area contributed by atoms with Crippen molar-refractivity contribution in [1.29, 1.82) is 0 Å². The second kappa shape index (κ2) is 16.0. The summed E-state index contributed by atoms with van der Waals surface area (Å²) in [6, 6.07) is 32.0. The monoisotopic (exact) mass is 526 g/mol. The van der Waals surface area contributed by atoms with Gasteiger partial charge in [-0.1, -0.05) is 146 Å². The van der Waals surface area contributed by atoms with E-state index in [1.807, 2.05) is 0 Å². The SMILES string of the molecule is C[Si](C)c1ccccc1.C[Si](C)c1ccccc1.C[Si](C)c1ccccc1.[Sb]. The Hall–Kier alpha value is -0.871. The predicted molar refractivity (Wildman–Crippen MR) is 136 cm³/mol. The van der Waals surface area contributed by atoms with Crippen LogP contribution in [0.1, 0.15) is 0 Å². The summed E-state index contributed by atoms with van der Waals surface area (Å²) in [7, 11) is -0.637. The molecule has 0 N–H and O–H groups in total. The number of benzene rings is 3. The molecule has 0 amide bonds. The Labute approximate surface area is 195 Å². The summed E-state index contributed by atoms with van der Waals surface area (Å²) in [5.74, 6) is 0. The quantitative estimate of drug-likeness (QED) is 0.438. The second-order valence-electron chi connectivity index (χ2n) is 7.10. The van der Waals surface area contributed by atoms with Crippen LogP contribution in [0.25, 0.3) is 0 Å². The molecule has 0 spiro atoms. The zero-order chi connectivity index (χ0) is 20.1. The molecule has 0 saturated heterocycles.